The summed E-state index contributed by atoms with van der Waals surface area (Å²) in [5.74, 6) is -5.71. The molecule has 0 spiro atoms. The number of rotatable bonds is 63. The Morgan fingerprint density at radius 3 is 1.03 bits per heavy atom. The third kappa shape index (κ3) is 46.9. The molecule has 0 aromatic rings. The van der Waals surface area contributed by atoms with Gasteiger partial charge in [0.25, 0.3) is 0 Å². The van der Waals surface area contributed by atoms with Crippen LogP contribution in [0.2, 0.25) is 0 Å². The largest absolute Gasteiger partial charge is 0.480 e. The molecule has 0 rings (SSSR count). The van der Waals surface area contributed by atoms with E-state index in [0.29, 0.717) is 83.8 Å². The highest BCUT2D eigenvalue weighted by molar-refractivity contribution is 7.99. The maximum Gasteiger partial charge on any atom is 0.326 e. The summed E-state index contributed by atoms with van der Waals surface area (Å²) in [4.78, 5) is 107. The Morgan fingerprint density at radius 1 is 0.386 bits per heavy atom. The number of amides is 5. The van der Waals surface area contributed by atoms with Crippen LogP contribution in [0.5, 0.6) is 0 Å². The lowest BCUT2D eigenvalue weighted by atomic mass is 10.0. The topological polar surface area (TPSA) is 386 Å². The maximum absolute atomic E-state index is 14.1. The number of carboxylic acids is 1. The first-order valence-corrected chi connectivity index (χ1v) is 35.6. The van der Waals surface area contributed by atoms with E-state index in [9.17, 15) is 48.6 Å². The van der Waals surface area contributed by atoms with E-state index in [1.807, 2.05) is 0 Å². The van der Waals surface area contributed by atoms with E-state index in [1.54, 1.807) is 0 Å². The van der Waals surface area contributed by atoms with Crippen molar-refractivity contribution in [3.8, 4) is 0 Å². The minimum atomic E-state index is -1.54. The summed E-state index contributed by atoms with van der Waals surface area (Å²) in [5.41, 5.74) is 29.1. The smallest absolute Gasteiger partial charge is 0.326 e. The second-order valence-electron chi connectivity index (χ2n) is 23.9. The Hall–Kier alpha value is -4.13. The molecule has 0 heterocycles. The second-order valence-corrected chi connectivity index (χ2v) is 25.0. The van der Waals surface area contributed by atoms with Crippen LogP contribution in [0.15, 0.2) is 0 Å². The molecule has 22 nitrogen and oxygen atoms in total. The molecule has 0 unspecified atom stereocenters. The van der Waals surface area contributed by atoms with Crippen LogP contribution in [-0.4, -0.2) is 151 Å². The van der Waals surface area contributed by atoms with E-state index in [0.717, 1.165) is 38.5 Å². The van der Waals surface area contributed by atoms with Gasteiger partial charge in [-0.1, -0.05) is 168 Å². The number of carbonyl (C=O) groups is 8. The number of hydrogen-bond donors (Lipinski definition) is 12. The molecule has 23 heteroatoms. The van der Waals surface area contributed by atoms with Gasteiger partial charge < -0.3 is 74.9 Å². The number of thioether (sulfide) groups is 1. The number of esters is 2. The number of aliphatic carboxylic acids is 1. The Balaban J connectivity index is 5.81. The van der Waals surface area contributed by atoms with Crippen molar-refractivity contribution in [3.63, 3.8) is 0 Å². The predicted octanol–water partition coefficient (Wildman–Crippen LogP) is 7.48. The lowest BCUT2D eigenvalue weighted by Gasteiger charge is -2.27. The van der Waals surface area contributed by atoms with Crippen molar-refractivity contribution in [2.75, 3.05) is 50.9 Å². The van der Waals surface area contributed by atoms with Gasteiger partial charge in [0.15, 0.2) is 0 Å². The Kier molecular flexibility index (Phi) is 56.4. The molecular weight excluding hydrogens is 1140 g/mol. The van der Waals surface area contributed by atoms with E-state index in [2.05, 4.69) is 40.4 Å². The van der Waals surface area contributed by atoms with Crippen LogP contribution in [0.25, 0.3) is 0 Å². The van der Waals surface area contributed by atoms with E-state index < -0.39 is 90.4 Å². The number of carboxylic acid groups (broad SMARTS) is 1. The van der Waals surface area contributed by atoms with Crippen LogP contribution < -0.4 is 55.3 Å². The first-order chi connectivity index (χ1) is 42.6. The lowest BCUT2D eigenvalue weighted by Crippen LogP contribution is -2.59. The first kappa shape index (κ1) is 83.9. The van der Waals surface area contributed by atoms with Gasteiger partial charge in [0.05, 0.1) is 12.6 Å². The average molecular weight is 1270 g/mol. The van der Waals surface area contributed by atoms with Crippen LogP contribution in [0.1, 0.15) is 271 Å². The molecule has 17 N–H and O–H groups in total. The van der Waals surface area contributed by atoms with Crippen LogP contribution in [0.3, 0.4) is 0 Å². The maximum atomic E-state index is 14.1. The van der Waals surface area contributed by atoms with Crippen molar-refractivity contribution in [3.05, 3.63) is 0 Å². The standard InChI is InChI=1S/C65H126N10O12S/c1-3-5-7-9-11-13-15-17-19-21-23-25-27-41-58(77)86-48-51(87-59(78)42-28-26-24-22-20-18-16-14-12-10-8-6-4-2)49-88-50-52(70)60(79)75-57(47-76)64(83)73-54(38-30-34-44-67)62(81)71-53(37-29-33-43-66)61(80)72-55(39-31-35-45-68)63(82)74-56(65(84)85)40-32-36-46-69/h51-57,76H,3-50,66-70H2,1-2H3,(H,71,81)(H,72,80)(H,73,83)(H,74,82)(H,75,79)(H,84,85)/t51-,52+,53+,54+,55+,56+,57+/m1/s1. The molecule has 5 amide bonds. The quantitative estimate of drug-likeness (QED) is 0.0207. The fraction of sp³-hybridized carbons (Fsp3) is 0.877. The summed E-state index contributed by atoms with van der Waals surface area (Å²) in [6, 6.07) is -7.60. The lowest BCUT2D eigenvalue weighted by molar-refractivity contribution is -0.157. The average Bonchev–Trinajstić information content (AvgIpc) is 3.53. The zero-order chi connectivity index (χ0) is 65.3. The molecule has 0 aromatic heterocycles. The molecule has 514 valence electrons. The van der Waals surface area contributed by atoms with Crippen LogP contribution in [0, 0.1) is 0 Å². The Labute approximate surface area is 534 Å². The summed E-state index contributed by atoms with van der Waals surface area (Å²) in [6.07, 6.45) is 34.6. The zero-order valence-electron chi connectivity index (χ0n) is 54.8. The van der Waals surface area contributed by atoms with Gasteiger partial charge in [0.1, 0.15) is 42.9 Å². The van der Waals surface area contributed by atoms with Crippen molar-refractivity contribution in [1.82, 2.24) is 26.6 Å². The Morgan fingerprint density at radius 2 is 0.693 bits per heavy atom. The van der Waals surface area contributed by atoms with Crippen molar-refractivity contribution in [2.45, 2.75) is 313 Å². The van der Waals surface area contributed by atoms with Gasteiger partial charge in [-0.05, 0) is 116 Å². The van der Waals surface area contributed by atoms with Gasteiger partial charge in [-0.15, -0.1) is 0 Å². The molecule has 0 aliphatic carbocycles. The molecule has 0 saturated carbocycles. The number of aliphatic hydroxyl groups is 1. The Bertz CT molecular complexity index is 1810. The molecule has 0 aliphatic rings. The van der Waals surface area contributed by atoms with Crippen LogP contribution in [0.4, 0.5) is 0 Å². The number of aliphatic hydroxyl groups excluding tert-OH is 1. The summed E-state index contributed by atoms with van der Waals surface area (Å²) in [7, 11) is 0. The normalized spacial score (nSPS) is 13.7. The number of hydrogen-bond acceptors (Lipinski definition) is 17. The highest BCUT2D eigenvalue weighted by Gasteiger charge is 2.33. The highest BCUT2D eigenvalue weighted by atomic mass is 32.2. The van der Waals surface area contributed by atoms with Crippen molar-refractivity contribution < 1.29 is 58.0 Å². The zero-order valence-corrected chi connectivity index (χ0v) is 55.6. The van der Waals surface area contributed by atoms with Crippen molar-refractivity contribution >= 4 is 59.2 Å². The fourth-order valence-corrected chi connectivity index (χ4v) is 11.2. The predicted molar refractivity (Wildman–Crippen MR) is 353 cm³/mol. The number of ether oxygens (including phenoxy) is 2. The van der Waals surface area contributed by atoms with E-state index in [1.165, 1.54) is 127 Å². The minimum absolute atomic E-state index is 0.00755. The van der Waals surface area contributed by atoms with E-state index in [-0.39, 0.29) is 69.2 Å². The monoisotopic (exact) mass is 1270 g/mol. The number of nitrogens with one attached hydrogen (secondary N) is 5. The third-order valence-corrected chi connectivity index (χ3v) is 17.0. The number of carbonyl (C=O) groups excluding carboxylic acids is 7. The third-order valence-electron chi connectivity index (χ3n) is 15.8. The van der Waals surface area contributed by atoms with Gasteiger partial charge in [-0.25, -0.2) is 4.79 Å². The van der Waals surface area contributed by atoms with Crippen LogP contribution in [-0.2, 0) is 47.8 Å². The number of nitrogens with two attached hydrogens (primary N) is 5. The summed E-state index contributed by atoms with van der Waals surface area (Å²) in [6.45, 7) is 4.72. The molecule has 0 aliphatic heterocycles. The highest BCUT2D eigenvalue weighted by Crippen LogP contribution is 2.18. The minimum Gasteiger partial charge on any atom is -0.480 e. The molecule has 0 fully saturated rings. The summed E-state index contributed by atoms with van der Waals surface area (Å²) < 4.78 is 11.5. The van der Waals surface area contributed by atoms with Crippen LogP contribution >= 0.6 is 11.8 Å². The molecule has 0 saturated heterocycles. The van der Waals surface area contributed by atoms with Gasteiger partial charge >= 0.3 is 17.9 Å². The molecule has 0 aromatic carbocycles. The SMILES string of the molecule is CCCCCCCCCCCCCCCC(=O)OC[C@H](CSC[C@H](N)C(=O)N[C@@H](CO)C(=O)N[C@@H](CCCCN)C(=O)N[C@@H](CCCCN)C(=O)N[C@@H](CCCCN)C(=O)N[C@@H](CCCCN)C(=O)O)OC(=O)CCCCCCCCCCCCCCC. The molecule has 88 heavy (non-hydrogen) atoms. The van der Waals surface area contributed by atoms with Gasteiger partial charge in [-0.2, -0.15) is 11.8 Å². The molecule has 7 atom stereocenters. The first-order valence-electron chi connectivity index (χ1n) is 34.5. The van der Waals surface area contributed by atoms with Gasteiger partial charge in [-0.3, -0.25) is 33.6 Å². The number of unbranched alkanes of at least 4 members (excludes halogenated alkanes) is 28. The van der Waals surface area contributed by atoms with E-state index in [4.69, 9.17) is 38.1 Å². The fourth-order valence-electron chi connectivity index (χ4n) is 10.2. The van der Waals surface area contributed by atoms with E-state index >= 15 is 0 Å². The van der Waals surface area contributed by atoms with Crippen molar-refractivity contribution in [2.24, 2.45) is 28.7 Å². The summed E-state index contributed by atoms with van der Waals surface area (Å²) >= 11 is 1.20. The van der Waals surface area contributed by atoms with Gasteiger partial charge in [0, 0.05) is 24.3 Å². The molecule has 0 radical (unpaired) electrons. The molecular formula is C65H126N10O12S. The second kappa shape index (κ2) is 59.2. The summed E-state index contributed by atoms with van der Waals surface area (Å²) in [5, 5.41) is 33.2. The molecule has 0 bridgehead atoms. The van der Waals surface area contributed by atoms with Gasteiger partial charge in [0.2, 0.25) is 29.5 Å². The van der Waals surface area contributed by atoms with Crippen molar-refractivity contribution in [1.29, 1.82) is 0 Å².